The molecular formula is C12H16N2O2. The van der Waals surface area contributed by atoms with E-state index >= 15 is 0 Å². The predicted molar refractivity (Wildman–Crippen MR) is 63.8 cm³/mol. The van der Waals surface area contributed by atoms with E-state index in [1.165, 1.54) is 6.42 Å². The third-order valence-electron chi connectivity index (χ3n) is 3.05. The predicted octanol–water partition coefficient (Wildman–Crippen LogP) is 1.81. The molecular weight excluding hydrogens is 204 g/mol. The molecule has 86 valence electrons. The zero-order valence-electron chi connectivity index (χ0n) is 9.31. The average molecular weight is 220 g/mol. The number of carbonyl (C=O) groups is 1. The molecule has 0 amide bonds. The van der Waals surface area contributed by atoms with Gasteiger partial charge in [0.25, 0.3) is 0 Å². The van der Waals surface area contributed by atoms with Crippen LogP contribution in [0.1, 0.15) is 23.7 Å². The molecule has 1 aliphatic rings. The number of carboxylic acids is 1. The van der Waals surface area contributed by atoms with Gasteiger partial charge in [0.05, 0.1) is 5.56 Å². The van der Waals surface area contributed by atoms with Crippen molar-refractivity contribution in [2.24, 2.45) is 5.92 Å². The van der Waals surface area contributed by atoms with Crippen LogP contribution in [0.25, 0.3) is 0 Å². The van der Waals surface area contributed by atoms with E-state index in [4.69, 9.17) is 10.8 Å². The smallest absolute Gasteiger partial charge is 0.337 e. The quantitative estimate of drug-likeness (QED) is 0.746. The summed E-state index contributed by atoms with van der Waals surface area (Å²) in [7, 11) is 0. The second-order valence-electron chi connectivity index (χ2n) is 4.42. The molecule has 1 fully saturated rings. The van der Waals surface area contributed by atoms with Crippen LogP contribution in [0.3, 0.4) is 0 Å². The van der Waals surface area contributed by atoms with E-state index in [0.29, 0.717) is 11.6 Å². The van der Waals surface area contributed by atoms with Crippen LogP contribution in [0, 0.1) is 5.92 Å². The van der Waals surface area contributed by atoms with E-state index < -0.39 is 5.97 Å². The summed E-state index contributed by atoms with van der Waals surface area (Å²) in [5.74, 6) is -0.279. The molecule has 16 heavy (non-hydrogen) atoms. The lowest BCUT2D eigenvalue weighted by Gasteiger charge is -2.19. The van der Waals surface area contributed by atoms with Crippen molar-refractivity contribution >= 4 is 17.3 Å². The molecule has 4 nitrogen and oxygen atoms in total. The van der Waals surface area contributed by atoms with Crippen molar-refractivity contribution in [3.63, 3.8) is 0 Å². The Morgan fingerprint density at radius 3 is 2.81 bits per heavy atom. The van der Waals surface area contributed by atoms with Gasteiger partial charge in [0, 0.05) is 24.5 Å². The maximum absolute atomic E-state index is 10.8. The Kier molecular flexibility index (Phi) is 2.73. The van der Waals surface area contributed by atoms with Crippen molar-refractivity contribution < 1.29 is 9.90 Å². The zero-order chi connectivity index (χ0) is 11.7. The number of carboxylic acid groups (broad SMARTS) is 1. The van der Waals surface area contributed by atoms with Crippen molar-refractivity contribution in [3.8, 4) is 0 Å². The van der Waals surface area contributed by atoms with Gasteiger partial charge >= 0.3 is 5.97 Å². The second-order valence-corrected chi connectivity index (χ2v) is 4.42. The summed E-state index contributed by atoms with van der Waals surface area (Å²) >= 11 is 0. The van der Waals surface area contributed by atoms with Gasteiger partial charge < -0.3 is 15.7 Å². The van der Waals surface area contributed by atoms with Crippen LogP contribution < -0.4 is 10.6 Å². The number of rotatable bonds is 2. The summed E-state index contributed by atoms with van der Waals surface area (Å²) in [5.41, 5.74) is 7.25. The first-order chi connectivity index (χ1) is 7.58. The van der Waals surface area contributed by atoms with Gasteiger partial charge in [-0.1, -0.05) is 6.92 Å². The van der Waals surface area contributed by atoms with Crippen LogP contribution >= 0.6 is 0 Å². The number of hydrogen-bond donors (Lipinski definition) is 2. The monoisotopic (exact) mass is 220 g/mol. The molecule has 0 aliphatic carbocycles. The van der Waals surface area contributed by atoms with Gasteiger partial charge in [0.15, 0.2) is 0 Å². The number of nitrogens with two attached hydrogens (primary N) is 1. The molecule has 1 aromatic carbocycles. The topological polar surface area (TPSA) is 66.6 Å². The highest BCUT2D eigenvalue weighted by atomic mass is 16.4. The fourth-order valence-corrected chi connectivity index (χ4v) is 2.11. The second kappa shape index (κ2) is 4.04. The third kappa shape index (κ3) is 1.96. The molecule has 0 aromatic heterocycles. The average Bonchev–Trinajstić information content (AvgIpc) is 2.64. The molecule has 4 heteroatoms. The van der Waals surface area contributed by atoms with E-state index in [9.17, 15) is 4.79 Å². The number of hydrogen-bond acceptors (Lipinski definition) is 3. The molecule has 1 saturated heterocycles. The largest absolute Gasteiger partial charge is 0.478 e. The number of anilines is 2. The molecule has 0 radical (unpaired) electrons. The van der Waals surface area contributed by atoms with Gasteiger partial charge in [-0.2, -0.15) is 0 Å². The summed E-state index contributed by atoms with van der Waals surface area (Å²) in [6.45, 7) is 4.26. The van der Waals surface area contributed by atoms with Crippen molar-refractivity contribution in [3.05, 3.63) is 23.8 Å². The number of aromatic carboxylic acids is 1. The highest BCUT2D eigenvalue weighted by Gasteiger charge is 2.19. The van der Waals surface area contributed by atoms with Crippen molar-refractivity contribution in [2.45, 2.75) is 13.3 Å². The summed E-state index contributed by atoms with van der Waals surface area (Å²) in [6.07, 6.45) is 1.18. The third-order valence-corrected chi connectivity index (χ3v) is 3.05. The minimum Gasteiger partial charge on any atom is -0.478 e. The Balaban J connectivity index is 2.24. The van der Waals surface area contributed by atoms with Crippen molar-refractivity contribution in [2.75, 3.05) is 23.7 Å². The van der Waals surface area contributed by atoms with Gasteiger partial charge in [0.1, 0.15) is 0 Å². The minimum atomic E-state index is -0.973. The Morgan fingerprint density at radius 1 is 1.56 bits per heavy atom. The molecule has 0 saturated carbocycles. The molecule has 0 spiro atoms. The van der Waals surface area contributed by atoms with Crippen molar-refractivity contribution in [1.82, 2.24) is 0 Å². The lowest BCUT2D eigenvalue weighted by Crippen LogP contribution is -2.19. The first kappa shape index (κ1) is 10.8. The number of benzene rings is 1. The summed E-state index contributed by atoms with van der Waals surface area (Å²) < 4.78 is 0. The lowest BCUT2D eigenvalue weighted by atomic mass is 10.1. The normalized spacial score (nSPS) is 20.1. The van der Waals surface area contributed by atoms with Gasteiger partial charge in [-0.15, -0.1) is 0 Å². The van der Waals surface area contributed by atoms with Crippen LogP contribution in [-0.2, 0) is 0 Å². The summed E-state index contributed by atoms with van der Waals surface area (Å²) in [6, 6.07) is 5.16. The van der Waals surface area contributed by atoms with Gasteiger partial charge in [-0.05, 0) is 30.5 Å². The van der Waals surface area contributed by atoms with Crippen LogP contribution in [-0.4, -0.2) is 24.2 Å². The first-order valence-corrected chi connectivity index (χ1v) is 5.45. The standard InChI is InChI=1S/C12H16N2O2/c1-8-4-5-14(7-8)9-2-3-10(12(15)16)11(13)6-9/h2-3,6,8H,4-5,7,13H2,1H3,(H,15,16). The van der Waals surface area contributed by atoms with E-state index in [0.717, 1.165) is 18.8 Å². The highest BCUT2D eigenvalue weighted by Crippen LogP contribution is 2.26. The van der Waals surface area contributed by atoms with Crippen LogP contribution in [0.2, 0.25) is 0 Å². The van der Waals surface area contributed by atoms with E-state index in [1.54, 1.807) is 12.1 Å². The van der Waals surface area contributed by atoms with Gasteiger partial charge in [-0.3, -0.25) is 0 Å². The first-order valence-electron chi connectivity index (χ1n) is 5.45. The summed E-state index contributed by atoms with van der Waals surface area (Å²) in [4.78, 5) is 13.1. The maximum atomic E-state index is 10.8. The van der Waals surface area contributed by atoms with Crippen LogP contribution in [0.4, 0.5) is 11.4 Å². The van der Waals surface area contributed by atoms with Crippen molar-refractivity contribution in [1.29, 1.82) is 0 Å². The molecule has 1 heterocycles. The SMILES string of the molecule is CC1CCN(c2ccc(C(=O)O)c(N)c2)C1. The fourth-order valence-electron chi connectivity index (χ4n) is 2.11. The van der Waals surface area contributed by atoms with Crippen LogP contribution in [0.15, 0.2) is 18.2 Å². The highest BCUT2D eigenvalue weighted by molar-refractivity contribution is 5.94. The molecule has 1 aliphatic heterocycles. The van der Waals surface area contributed by atoms with E-state index in [1.807, 2.05) is 6.07 Å². The fraction of sp³-hybridized carbons (Fsp3) is 0.417. The lowest BCUT2D eigenvalue weighted by molar-refractivity contribution is 0.0698. The maximum Gasteiger partial charge on any atom is 0.337 e. The Hall–Kier alpha value is -1.71. The van der Waals surface area contributed by atoms with Gasteiger partial charge in [0.2, 0.25) is 0 Å². The molecule has 0 bridgehead atoms. The van der Waals surface area contributed by atoms with Gasteiger partial charge in [-0.25, -0.2) is 4.79 Å². The number of nitrogens with zero attached hydrogens (tertiary/aromatic N) is 1. The molecule has 3 N–H and O–H groups in total. The Morgan fingerprint density at radius 2 is 2.31 bits per heavy atom. The summed E-state index contributed by atoms with van der Waals surface area (Å²) in [5, 5.41) is 8.87. The molecule has 1 unspecified atom stereocenters. The number of nitrogen functional groups attached to an aromatic ring is 1. The molecule has 1 aromatic rings. The Bertz CT molecular complexity index is 417. The van der Waals surface area contributed by atoms with Crippen LogP contribution in [0.5, 0.6) is 0 Å². The molecule has 2 rings (SSSR count). The van der Waals surface area contributed by atoms with E-state index in [2.05, 4.69) is 11.8 Å². The van der Waals surface area contributed by atoms with E-state index in [-0.39, 0.29) is 5.56 Å². The minimum absolute atomic E-state index is 0.177. The molecule has 1 atom stereocenters. The Labute approximate surface area is 94.7 Å². The zero-order valence-corrected chi connectivity index (χ0v) is 9.31.